The van der Waals surface area contributed by atoms with Gasteiger partial charge in [-0.1, -0.05) is 48.0 Å². The molecule has 4 aromatic rings. The minimum atomic E-state index is -0.519. The zero-order chi connectivity index (χ0) is 20.9. The largest absolute Gasteiger partial charge is 0.455 e. The predicted molar refractivity (Wildman–Crippen MR) is 118 cm³/mol. The highest BCUT2D eigenvalue weighted by molar-refractivity contribution is 6.32. The highest BCUT2D eigenvalue weighted by Gasteiger charge is 2.15. The number of nitro benzene ring substituents is 1. The Hall–Kier alpha value is -3.90. The maximum atomic E-state index is 11.1. The third kappa shape index (κ3) is 4.24. The average Bonchev–Trinajstić information content (AvgIpc) is 3.24. The van der Waals surface area contributed by atoms with Gasteiger partial charge in [0.2, 0.25) is 0 Å². The van der Waals surface area contributed by atoms with Crippen LogP contribution in [0.4, 0.5) is 17.1 Å². The normalized spacial score (nSPS) is 11.0. The van der Waals surface area contributed by atoms with E-state index in [-0.39, 0.29) is 10.7 Å². The molecule has 0 aliphatic carbocycles. The molecule has 0 bridgehead atoms. The molecule has 30 heavy (non-hydrogen) atoms. The number of hydrogen-bond donors (Lipinski definition) is 0. The molecule has 0 saturated carbocycles. The van der Waals surface area contributed by atoms with Crippen molar-refractivity contribution >= 4 is 34.9 Å². The molecule has 6 nitrogen and oxygen atoms in total. The van der Waals surface area contributed by atoms with Crippen LogP contribution in [0.15, 0.2) is 101 Å². The molecule has 0 aliphatic rings. The smallest absolute Gasteiger partial charge is 0.288 e. The molecule has 0 unspecified atom stereocenters. The molecule has 0 fully saturated rings. The van der Waals surface area contributed by atoms with E-state index in [1.807, 2.05) is 60.7 Å². The van der Waals surface area contributed by atoms with Gasteiger partial charge in [-0.05, 0) is 48.5 Å². The molecular weight excluding hydrogens is 402 g/mol. The van der Waals surface area contributed by atoms with E-state index in [0.29, 0.717) is 17.1 Å². The van der Waals surface area contributed by atoms with Crippen LogP contribution < -0.4 is 5.01 Å². The van der Waals surface area contributed by atoms with Gasteiger partial charge in [0, 0.05) is 11.6 Å². The molecule has 1 heterocycles. The van der Waals surface area contributed by atoms with Gasteiger partial charge in [0.15, 0.2) is 0 Å². The average molecular weight is 418 g/mol. The number of furan rings is 1. The van der Waals surface area contributed by atoms with Crippen LogP contribution >= 0.6 is 11.6 Å². The molecule has 0 radical (unpaired) electrons. The maximum absolute atomic E-state index is 11.1. The van der Waals surface area contributed by atoms with Crippen LogP contribution in [0.2, 0.25) is 5.02 Å². The summed E-state index contributed by atoms with van der Waals surface area (Å²) >= 11 is 5.89. The second-order valence-electron chi connectivity index (χ2n) is 6.35. The molecule has 7 heteroatoms. The van der Waals surface area contributed by atoms with Gasteiger partial charge in [-0.25, -0.2) is 5.01 Å². The van der Waals surface area contributed by atoms with Crippen molar-refractivity contribution in [3.05, 3.63) is 112 Å². The van der Waals surface area contributed by atoms with E-state index < -0.39 is 4.92 Å². The van der Waals surface area contributed by atoms with Gasteiger partial charge in [0.05, 0.1) is 22.5 Å². The summed E-state index contributed by atoms with van der Waals surface area (Å²) in [6.07, 6.45) is 1.60. The van der Waals surface area contributed by atoms with E-state index in [9.17, 15) is 10.1 Å². The number of anilines is 2. The molecule has 0 amide bonds. The molecule has 148 valence electrons. The minimum absolute atomic E-state index is 0.0819. The maximum Gasteiger partial charge on any atom is 0.288 e. The van der Waals surface area contributed by atoms with Crippen LogP contribution in [0.5, 0.6) is 0 Å². The van der Waals surface area contributed by atoms with Crippen molar-refractivity contribution in [1.82, 2.24) is 0 Å². The Morgan fingerprint density at radius 1 is 0.900 bits per heavy atom. The first kappa shape index (κ1) is 19.4. The molecule has 0 N–H and O–H groups in total. The summed E-state index contributed by atoms with van der Waals surface area (Å²) in [7, 11) is 0. The fraction of sp³-hybridized carbons (Fsp3) is 0. The van der Waals surface area contributed by atoms with Gasteiger partial charge in [-0.2, -0.15) is 5.10 Å². The molecule has 0 atom stereocenters. The van der Waals surface area contributed by atoms with Crippen LogP contribution in [-0.2, 0) is 0 Å². The molecule has 0 aliphatic heterocycles. The number of hydrogen-bond acceptors (Lipinski definition) is 5. The Bertz CT molecular complexity index is 1150. The van der Waals surface area contributed by atoms with E-state index in [1.54, 1.807) is 29.4 Å². The van der Waals surface area contributed by atoms with Crippen molar-refractivity contribution in [3.63, 3.8) is 0 Å². The van der Waals surface area contributed by atoms with Gasteiger partial charge in [0.1, 0.15) is 16.5 Å². The third-order valence-electron chi connectivity index (χ3n) is 4.36. The summed E-state index contributed by atoms with van der Waals surface area (Å²) in [6, 6.07) is 27.6. The van der Waals surface area contributed by atoms with Crippen LogP contribution in [0.3, 0.4) is 0 Å². The zero-order valence-electron chi connectivity index (χ0n) is 15.7. The number of halogens is 1. The van der Waals surface area contributed by atoms with E-state index in [2.05, 4.69) is 5.10 Å². The summed E-state index contributed by atoms with van der Waals surface area (Å²) in [4.78, 5) is 10.6. The minimum Gasteiger partial charge on any atom is -0.455 e. The second-order valence-corrected chi connectivity index (χ2v) is 6.76. The topological polar surface area (TPSA) is 71.9 Å². The molecular formula is C23H16ClN3O3. The second kappa shape index (κ2) is 8.63. The van der Waals surface area contributed by atoms with Gasteiger partial charge in [-0.3, -0.25) is 10.1 Å². The van der Waals surface area contributed by atoms with E-state index in [0.717, 1.165) is 11.4 Å². The summed E-state index contributed by atoms with van der Waals surface area (Å²) in [5, 5.41) is 17.6. The number of hydrazone groups is 1. The van der Waals surface area contributed by atoms with Crippen molar-refractivity contribution < 1.29 is 9.34 Å². The monoisotopic (exact) mass is 417 g/mol. The standard InChI is InChI=1S/C23H16ClN3O3/c24-21-13-11-17(15-22(21)27(28)29)23-14-12-20(30-23)16-25-26(18-7-3-1-4-8-18)19-9-5-2-6-10-19/h1-16H/b25-16-. The van der Waals surface area contributed by atoms with Crippen LogP contribution in [0, 0.1) is 10.1 Å². The highest BCUT2D eigenvalue weighted by Crippen LogP contribution is 2.31. The van der Waals surface area contributed by atoms with Gasteiger partial charge in [0.25, 0.3) is 5.69 Å². The fourth-order valence-electron chi connectivity index (χ4n) is 2.92. The van der Waals surface area contributed by atoms with E-state index in [4.69, 9.17) is 16.0 Å². The lowest BCUT2D eigenvalue weighted by Crippen LogP contribution is -2.08. The lowest BCUT2D eigenvalue weighted by Gasteiger charge is -2.18. The zero-order valence-corrected chi connectivity index (χ0v) is 16.4. The van der Waals surface area contributed by atoms with Crippen molar-refractivity contribution in [3.8, 4) is 11.3 Å². The number of rotatable bonds is 6. The van der Waals surface area contributed by atoms with Crippen LogP contribution in [-0.4, -0.2) is 11.1 Å². The van der Waals surface area contributed by atoms with Crippen molar-refractivity contribution in [2.75, 3.05) is 5.01 Å². The first-order valence-corrected chi connectivity index (χ1v) is 9.48. The Labute approximate surface area is 177 Å². The van der Waals surface area contributed by atoms with Crippen molar-refractivity contribution in [2.45, 2.75) is 0 Å². The first-order chi connectivity index (χ1) is 14.6. The quantitative estimate of drug-likeness (QED) is 0.199. The Kier molecular flexibility index (Phi) is 5.59. The van der Waals surface area contributed by atoms with Crippen molar-refractivity contribution in [1.29, 1.82) is 0 Å². The SMILES string of the molecule is O=[N+]([O-])c1cc(-c2ccc(/C=N\N(c3ccccc3)c3ccccc3)o2)ccc1Cl. The first-order valence-electron chi connectivity index (χ1n) is 9.10. The Balaban J connectivity index is 1.63. The van der Waals surface area contributed by atoms with Crippen molar-refractivity contribution in [2.24, 2.45) is 5.10 Å². The number of nitrogens with zero attached hydrogens (tertiary/aromatic N) is 3. The molecule has 1 aromatic heterocycles. The fourth-order valence-corrected chi connectivity index (χ4v) is 3.11. The summed E-state index contributed by atoms with van der Waals surface area (Å²) in [5.41, 5.74) is 2.20. The summed E-state index contributed by atoms with van der Waals surface area (Å²) in [5.74, 6) is 1.00. The summed E-state index contributed by atoms with van der Waals surface area (Å²) < 4.78 is 5.82. The predicted octanol–water partition coefficient (Wildman–Crippen LogP) is 6.68. The number of nitro groups is 1. The van der Waals surface area contributed by atoms with Gasteiger partial charge < -0.3 is 4.42 Å². The molecule has 3 aromatic carbocycles. The Morgan fingerprint density at radius 3 is 2.13 bits per heavy atom. The van der Waals surface area contributed by atoms with Gasteiger partial charge in [-0.15, -0.1) is 0 Å². The molecule has 0 spiro atoms. The highest BCUT2D eigenvalue weighted by atomic mass is 35.5. The van der Waals surface area contributed by atoms with Crippen LogP contribution in [0.1, 0.15) is 5.76 Å². The third-order valence-corrected chi connectivity index (χ3v) is 4.68. The lowest BCUT2D eigenvalue weighted by molar-refractivity contribution is -0.384. The summed E-state index contributed by atoms with van der Waals surface area (Å²) in [6.45, 7) is 0. The molecule has 4 rings (SSSR count). The van der Waals surface area contributed by atoms with Crippen LogP contribution in [0.25, 0.3) is 11.3 Å². The molecule has 0 saturated heterocycles. The Morgan fingerprint density at radius 2 is 1.53 bits per heavy atom. The lowest BCUT2D eigenvalue weighted by atomic mass is 10.1. The van der Waals surface area contributed by atoms with E-state index in [1.165, 1.54) is 12.1 Å². The number of benzene rings is 3. The van der Waals surface area contributed by atoms with E-state index >= 15 is 0 Å². The number of para-hydroxylation sites is 2. The van der Waals surface area contributed by atoms with Gasteiger partial charge >= 0.3 is 0 Å².